The van der Waals surface area contributed by atoms with Gasteiger partial charge in [0.2, 0.25) is 0 Å². The van der Waals surface area contributed by atoms with Gasteiger partial charge in [-0.15, -0.1) is 0 Å². The van der Waals surface area contributed by atoms with E-state index in [1.807, 2.05) is 19.1 Å². The van der Waals surface area contributed by atoms with E-state index in [1.54, 1.807) is 44.6 Å². The highest BCUT2D eigenvalue weighted by Gasteiger charge is 2.49. The molecular weight excluding hydrogens is 394 g/mol. The molecule has 0 bridgehead atoms. The zero-order chi connectivity index (χ0) is 20.9. The normalized spacial score (nSPS) is 23.3. The molecule has 2 heterocycles. The fourth-order valence-corrected chi connectivity index (χ4v) is 4.03. The Morgan fingerprint density at radius 3 is 2.48 bits per heavy atom. The van der Waals surface area contributed by atoms with Crippen molar-refractivity contribution in [1.82, 2.24) is 4.90 Å². The number of likely N-dealkylation sites (N-methyl/N-ethyl adjacent to an activating group) is 1. The first-order valence-corrected chi connectivity index (χ1v) is 9.41. The van der Waals surface area contributed by atoms with Crippen LogP contribution in [0.4, 0.5) is 0 Å². The van der Waals surface area contributed by atoms with Crippen LogP contribution in [0.25, 0.3) is 6.08 Å². The highest BCUT2D eigenvalue weighted by molar-refractivity contribution is 6.30. The van der Waals surface area contributed by atoms with Crippen molar-refractivity contribution in [2.75, 3.05) is 21.3 Å². The summed E-state index contributed by atoms with van der Waals surface area (Å²) in [7, 11) is 4.57. The van der Waals surface area contributed by atoms with E-state index in [1.165, 1.54) is 7.05 Å². The van der Waals surface area contributed by atoms with E-state index in [0.717, 1.165) is 21.6 Å². The van der Waals surface area contributed by atoms with Gasteiger partial charge in [0.25, 0.3) is 11.8 Å². The summed E-state index contributed by atoms with van der Waals surface area (Å²) in [6, 6.07) is 10.8. The predicted molar refractivity (Wildman–Crippen MR) is 108 cm³/mol. The number of hydrogen-bond acceptors (Lipinski definition) is 5. The van der Waals surface area contributed by atoms with Gasteiger partial charge in [-0.3, -0.25) is 14.5 Å². The van der Waals surface area contributed by atoms with E-state index in [4.69, 9.17) is 25.8 Å². The van der Waals surface area contributed by atoms with Gasteiger partial charge in [0, 0.05) is 12.1 Å². The largest absolute Gasteiger partial charge is 0.493 e. The second-order valence-electron chi connectivity index (χ2n) is 7.13. The van der Waals surface area contributed by atoms with Crippen LogP contribution in [0.2, 0.25) is 5.02 Å². The molecule has 2 unspecified atom stereocenters. The second-order valence-corrected chi connectivity index (χ2v) is 7.57. The van der Waals surface area contributed by atoms with Crippen LogP contribution in [0, 0.1) is 0 Å². The van der Waals surface area contributed by atoms with Gasteiger partial charge in [-0.25, -0.2) is 0 Å². The molecule has 0 radical (unpaired) electrons. The highest BCUT2D eigenvalue weighted by Crippen LogP contribution is 2.45. The van der Waals surface area contributed by atoms with E-state index in [-0.39, 0.29) is 5.91 Å². The summed E-state index contributed by atoms with van der Waals surface area (Å²) in [5.74, 6) is 0.344. The van der Waals surface area contributed by atoms with Gasteiger partial charge < -0.3 is 14.2 Å². The Hall–Kier alpha value is -2.83. The lowest BCUT2D eigenvalue weighted by Gasteiger charge is -2.33. The van der Waals surface area contributed by atoms with Gasteiger partial charge in [-0.1, -0.05) is 23.7 Å². The Morgan fingerprint density at radius 1 is 1.07 bits per heavy atom. The molecule has 2 aliphatic heterocycles. The lowest BCUT2D eigenvalue weighted by atomic mass is 9.85. The average molecular weight is 414 g/mol. The first-order valence-electron chi connectivity index (χ1n) is 9.04. The average Bonchev–Trinajstić information content (AvgIpc) is 2.85. The smallest absolute Gasteiger partial charge is 0.263 e. The zero-order valence-corrected chi connectivity index (χ0v) is 17.2. The Morgan fingerprint density at radius 2 is 1.79 bits per heavy atom. The Labute approximate surface area is 173 Å². The number of amides is 2. The molecule has 2 atom stereocenters. The summed E-state index contributed by atoms with van der Waals surface area (Å²) in [5, 5.41) is 0.527. The zero-order valence-electron chi connectivity index (χ0n) is 16.5. The van der Waals surface area contributed by atoms with Crippen LogP contribution >= 0.6 is 11.6 Å². The van der Waals surface area contributed by atoms with Gasteiger partial charge in [-0.05, 0) is 54.0 Å². The van der Waals surface area contributed by atoms with Crippen LogP contribution in [-0.2, 0) is 19.9 Å². The van der Waals surface area contributed by atoms with Crippen molar-refractivity contribution in [3.05, 3.63) is 63.7 Å². The number of nitrogens with zero attached hydrogens (tertiary/aromatic N) is 1. The van der Waals surface area contributed by atoms with Crippen LogP contribution < -0.4 is 9.47 Å². The summed E-state index contributed by atoms with van der Waals surface area (Å²) in [4.78, 5) is 26.4. The van der Waals surface area contributed by atoms with Gasteiger partial charge in [0.1, 0.15) is 5.60 Å². The van der Waals surface area contributed by atoms with Crippen LogP contribution in [0.5, 0.6) is 11.5 Å². The van der Waals surface area contributed by atoms with Gasteiger partial charge in [0.05, 0.1) is 19.8 Å². The summed E-state index contributed by atoms with van der Waals surface area (Å²) in [6.07, 6.45) is 0.711. The van der Waals surface area contributed by atoms with E-state index in [2.05, 4.69) is 0 Å². The summed E-state index contributed by atoms with van der Waals surface area (Å²) >= 11 is 6.29. The van der Waals surface area contributed by atoms with Gasteiger partial charge >= 0.3 is 0 Å². The maximum absolute atomic E-state index is 12.7. The number of rotatable bonds is 3. The third-order valence-corrected chi connectivity index (χ3v) is 5.75. The highest BCUT2D eigenvalue weighted by atomic mass is 35.5. The topological polar surface area (TPSA) is 65.1 Å². The number of methoxy groups -OCH3 is 2. The van der Waals surface area contributed by atoms with E-state index >= 15 is 0 Å². The molecule has 1 saturated heterocycles. The number of ether oxygens (including phenoxy) is 3. The molecule has 2 aromatic rings. The molecule has 4 rings (SSSR count). The lowest BCUT2D eigenvalue weighted by molar-refractivity contribution is -0.145. The van der Waals surface area contributed by atoms with Crippen molar-refractivity contribution < 1.29 is 23.8 Å². The fraction of sp³-hybridized carbons (Fsp3) is 0.273. The molecule has 0 saturated carbocycles. The Balaban J connectivity index is 1.96. The van der Waals surface area contributed by atoms with Crippen LogP contribution in [0.3, 0.4) is 0 Å². The monoisotopic (exact) mass is 413 g/mol. The van der Waals surface area contributed by atoms with Crippen molar-refractivity contribution in [3.63, 3.8) is 0 Å². The lowest BCUT2D eigenvalue weighted by Crippen LogP contribution is -2.37. The SMILES string of the molecule is COc1ccc(C2(C)OC3C(=O)N(C)C(=O)C3=Cc3ccc(Cl)cc32)cc1OC. The van der Waals surface area contributed by atoms with Crippen LogP contribution in [-0.4, -0.2) is 44.1 Å². The van der Waals surface area contributed by atoms with Crippen molar-refractivity contribution in [2.24, 2.45) is 0 Å². The van der Waals surface area contributed by atoms with Gasteiger partial charge in [0.15, 0.2) is 17.6 Å². The number of hydrogen-bond donors (Lipinski definition) is 0. The number of fused-ring (bicyclic) bond motifs is 2. The number of halogens is 1. The molecule has 2 aliphatic rings. The predicted octanol–water partition coefficient (Wildman–Crippen LogP) is 3.40. The van der Waals surface area contributed by atoms with Crippen molar-refractivity contribution in [2.45, 2.75) is 18.6 Å². The standard InChI is InChI=1S/C22H20ClNO5/c1-22(13-6-8-17(27-3)18(10-13)28-4)16-11-14(23)7-5-12(16)9-15-19(29-22)21(26)24(2)20(15)25/h5-11,19H,1-4H3. The third-order valence-electron chi connectivity index (χ3n) is 5.52. The molecule has 0 spiro atoms. The van der Waals surface area contributed by atoms with Gasteiger partial charge in [-0.2, -0.15) is 0 Å². The van der Waals surface area contributed by atoms with Crippen molar-refractivity contribution >= 4 is 29.5 Å². The summed E-state index contributed by atoms with van der Waals surface area (Å²) in [6.45, 7) is 1.86. The molecule has 6 nitrogen and oxygen atoms in total. The first-order chi connectivity index (χ1) is 13.8. The maximum Gasteiger partial charge on any atom is 0.263 e. The molecule has 1 fully saturated rings. The fourth-order valence-electron chi connectivity index (χ4n) is 3.86. The molecule has 29 heavy (non-hydrogen) atoms. The minimum Gasteiger partial charge on any atom is -0.493 e. The van der Waals surface area contributed by atoms with Crippen molar-refractivity contribution in [1.29, 1.82) is 0 Å². The number of benzene rings is 2. The van der Waals surface area contributed by atoms with Crippen LogP contribution in [0.1, 0.15) is 23.6 Å². The second kappa shape index (κ2) is 6.90. The van der Waals surface area contributed by atoms with Crippen molar-refractivity contribution in [3.8, 4) is 11.5 Å². The Kier molecular flexibility index (Phi) is 4.63. The number of imide groups is 1. The summed E-state index contributed by atoms with van der Waals surface area (Å²) in [5.41, 5.74) is 1.50. The molecular formula is C22H20ClNO5. The molecule has 0 aromatic heterocycles. The Bertz CT molecular complexity index is 1060. The number of likely N-dealkylation sites (tertiary alicyclic amines) is 1. The van der Waals surface area contributed by atoms with E-state index in [9.17, 15) is 9.59 Å². The quantitative estimate of drug-likeness (QED) is 0.721. The third kappa shape index (κ3) is 2.91. The first kappa shape index (κ1) is 19.5. The number of carbonyl (C=O) groups excluding carboxylic acids is 2. The van der Waals surface area contributed by atoms with E-state index in [0.29, 0.717) is 22.1 Å². The molecule has 2 aromatic carbocycles. The molecule has 0 aliphatic carbocycles. The molecule has 7 heteroatoms. The van der Waals surface area contributed by atoms with E-state index < -0.39 is 17.6 Å². The minimum absolute atomic E-state index is 0.310. The minimum atomic E-state index is -1.07. The molecule has 2 amide bonds. The maximum atomic E-state index is 12.7. The van der Waals surface area contributed by atoms with Crippen LogP contribution in [0.15, 0.2) is 42.0 Å². The molecule has 150 valence electrons. The summed E-state index contributed by atoms with van der Waals surface area (Å²) < 4.78 is 17.2. The molecule has 0 N–H and O–H groups in total. The number of carbonyl (C=O) groups is 2.